The van der Waals surface area contributed by atoms with Crippen molar-refractivity contribution in [3.63, 3.8) is 0 Å². The van der Waals surface area contributed by atoms with Crippen LogP contribution in [0, 0.1) is 17.5 Å². The molecule has 4 rings (SSSR count). The Labute approximate surface area is 170 Å². The van der Waals surface area contributed by atoms with Gasteiger partial charge in [0.1, 0.15) is 5.82 Å². The molecule has 2 aromatic carbocycles. The van der Waals surface area contributed by atoms with Gasteiger partial charge in [0.15, 0.2) is 16.8 Å². The zero-order valence-electron chi connectivity index (χ0n) is 15.1. The molecule has 0 unspecified atom stereocenters. The molecule has 3 aromatic rings. The van der Waals surface area contributed by atoms with Crippen LogP contribution in [-0.4, -0.2) is 43.9 Å². The number of aromatic nitrogens is 1. The molecule has 29 heavy (non-hydrogen) atoms. The van der Waals surface area contributed by atoms with Gasteiger partial charge in [-0.25, -0.2) is 26.6 Å². The minimum absolute atomic E-state index is 0.0576. The van der Waals surface area contributed by atoms with E-state index in [1.807, 2.05) is 4.90 Å². The number of anilines is 1. The normalized spacial score (nSPS) is 15.6. The first-order chi connectivity index (χ1) is 13.8. The Bertz CT molecular complexity index is 1130. The fraction of sp³-hybridized carbons (Fsp3) is 0.211. The van der Waals surface area contributed by atoms with Crippen molar-refractivity contribution in [2.75, 3.05) is 31.1 Å². The summed E-state index contributed by atoms with van der Waals surface area (Å²) in [7, 11) is -3.69. The Morgan fingerprint density at radius 3 is 2.24 bits per heavy atom. The Morgan fingerprint density at radius 2 is 1.59 bits per heavy atom. The van der Waals surface area contributed by atoms with E-state index in [-0.39, 0.29) is 18.0 Å². The van der Waals surface area contributed by atoms with Crippen LogP contribution >= 0.6 is 11.3 Å². The summed E-state index contributed by atoms with van der Waals surface area (Å²) in [5.41, 5.74) is 1.01. The molecule has 1 aliphatic rings. The van der Waals surface area contributed by atoms with E-state index in [0.717, 1.165) is 24.3 Å². The van der Waals surface area contributed by atoms with Crippen LogP contribution in [0.4, 0.5) is 18.3 Å². The fourth-order valence-electron chi connectivity index (χ4n) is 3.07. The van der Waals surface area contributed by atoms with Gasteiger partial charge in [0, 0.05) is 37.1 Å². The monoisotopic (exact) mass is 439 g/mol. The zero-order valence-corrected chi connectivity index (χ0v) is 16.7. The zero-order chi connectivity index (χ0) is 20.6. The van der Waals surface area contributed by atoms with Gasteiger partial charge < -0.3 is 4.90 Å². The van der Waals surface area contributed by atoms with Gasteiger partial charge in [-0.3, -0.25) is 0 Å². The number of piperazine rings is 1. The van der Waals surface area contributed by atoms with Crippen LogP contribution in [0.2, 0.25) is 0 Å². The van der Waals surface area contributed by atoms with Gasteiger partial charge >= 0.3 is 0 Å². The summed E-state index contributed by atoms with van der Waals surface area (Å²) < 4.78 is 66.4. The van der Waals surface area contributed by atoms with Crippen molar-refractivity contribution < 1.29 is 21.6 Å². The third-order valence-electron chi connectivity index (χ3n) is 4.67. The molecule has 1 aromatic heterocycles. The second-order valence-corrected chi connectivity index (χ2v) is 9.26. The molecule has 0 aliphatic carbocycles. The number of hydrogen-bond donors (Lipinski definition) is 0. The van der Waals surface area contributed by atoms with Crippen molar-refractivity contribution in [1.29, 1.82) is 0 Å². The van der Waals surface area contributed by atoms with E-state index in [1.54, 1.807) is 5.38 Å². The maximum Gasteiger partial charge on any atom is 0.243 e. The number of rotatable bonds is 4. The summed E-state index contributed by atoms with van der Waals surface area (Å²) in [6.07, 6.45) is 0. The van der Waals surface area contributed by atoms with E-state index in [4.69, 9.17) is 0 Å². The highest BCUT2D eigenvalue weighted by Crippen LogP contribution is 2.29. The van der Waals surface area contributed by atoms with Crippen molar-refractivity contribution in [3.8, 4) is 11.3 Å². The second-order valence-electron chi connectivity index (χ2n) is 6.49. The summed E-state index contributed by atoms with van der Waals surface area (Å²) >= 11 is 1.36. The standard InChI is InChI=1S/C19H16F3N3O2S2/c20-14-2-4-15(5-3-14)29(26,27)25-9-7-24(8-10-25)19-23-18(12-28-19)13-1-6-16(21)17(22)11-13/h1-6,11-12H,7-10H2. The molecule has 1 aliphatic heterocycles. The molecule has 5 nitrogen and oxygen atoms in total. The topological polar surface area (TPSA) is 53.5 Å². The van der Waals surface area contributed by atoms with Gasteiger partial charge in [-0.05, 0) is 42.5 Å². The second kappa shape index (κ2) is 7.77. The first kappa shape index (κ1) is 19.9. The summed E-state index contributed by atoms with van der Waals surface area (Å²) in [5, 5.41) is 2.44. The van der Waals surface area contributed by atoms with Crippen molar-refractivity contribution in [3.05, 3.63) is 65.3 Å². The molecule has 0 spiro atoms. The number of hydrogen-bond acceptors (Lipinski definition) is 5. The molecule has 0 atom stereocenters. The van der Waals surface area contributed by atoms with Crippen LogP contribution in [0.5, 0.6) is 0 Å². The van der Waals surface area contributed by atoms with Crippen LogP contribution in [0.3, 0.4) is 0 Å². The lowest BCUT2D eigenvalue weighted by Gasteiger charge is -2.33. The smallest absolute Gasteiger partial charge is 0.243 e. The fourth-order valence-corrected chi connectivity index (χ4v) is 5.38. The maximum absolute atomic E-state index is 13.5. The van der Waals surface area contributed by atoms with Gasteiger partial charge in [0.25, 0.3) is 0 Å². The molecular formula is C19H16F3N3O2S2. The largest absolute Gasteiger partial charge is 0.345 e. The molecular weight excluding hydrogens is 423 g/mol. The van der Waals surface area contributed by atoms with E-state index in [0.29, 0.717) is 29.5 Å². The lowest BCUT2D eigenvalue weighted by Crippen LogP contribution is -2.48. The number of benzene rings is 2. The molecule has 10 heteroatoms. The van der Waals surface area contributed by atoms with Crippen molar-refractivity contribution in [2.45, 2.75) is 4.90 Å². The minimum atomic E-state index is -3.69. The molecule has 0 amide bonds. The van der Waals surface area contributed by atoms with Crippen molar-refractivity contribution in [2.24, 2.45) is 0 Å². The van der Waals surface area contributed by atoms with E-state index in [2.05, 4.69) is 4.98 Å². The highest BCUT2D eigenvalue weighted by Gasteiger charge is 2.29. The first-order valence-electron chi connectivity index (χ1n) is 8.76. The number of sulfonamides is 1. The first-order valence-corrected chi connectivity index (χ1v) is 11.1. The van der Waals surface area contributed by atoms with Gasteiger partial charge in [-0.2, -0.15) is 4.31 Å². The Hall–Kier alpha value is -2.43. The van der Waals surface area contributed by atoms with Crippen LogP contribution < -0.4 is 4.90 Å². The highest BCUT2D eigenvalue weighted by molar-refractivity contribution is 7.89. The van der Waals surface area contributed by atoms with E-state index < -0.39 is 27.5 Å². The predicted octanol–water partition coefficient (Wildman–Crippen LogP) is 3.74. The molecule has 2 heterocycles. The van der Waals surface area contributed by atoms with Crippen LogP contribution in [0.25, 0.3) is 11.3 Å². The highest BCUT2D eigenvalue weighted by atomic mass is 32.2. The van der Waals surface area contributed by atoms with Gasteiger partial charge in [0.05, 0.1) is 10.6 Å². The Kier molecular flexibility index (Phi) is 5.32. The quantitative estimate of drug-likeness (QED) is 0.622. The maximum atomic E-state index is 13.5. The Balaban J connectivity index is 1.45. The van der Waals surface area contributed by atoms with E-state index in [1.165, 1.54) is 33.8 Å². The lowest BCUT2D eigenvalue weighted by molar-refractivity contribution is 0.384. The average Bonchev–Trinajstić information content (AvgIpc) is 3.21. The summed E-state index contributed by atoms with van der Waals surface area (Å²) in [4.78, 5) is 6.48. The van der Waals surface area contributed by atoms with Gasteiger partial charge in [-0.1, -0.05) is 0 Å². The average molecular weight is 439 g/mol. The number of nitrogens with zero attached hydrogens (tertiary/aromatic N) is 3. The molecule has 1 fully saturated rings. The molecule has 0 radical (unpaired) electrons. The van der Waals surface area contributed by atoms with Crippen molar-refractivity contribution >= 4 is 26.5 Å². The summed E-state index contributed by atoms with van der Waals surface area (Å²) in [6, 6.07) is 8.38. The molecule has 0 N–H and O–H groups in total. The predicted molar refractivity (Wildman–Crippen MR) is 105 cm³/mol. The third kappa shape index (κ3) is 4.00. The summed E-state index contributed by atoms with van der Waals surface area (Å²) in [5.74, 6) is -2.34. The van der Waals surface area contributed by atoms with Gasteiger partial charge in [0.2, 0.25) is 10.0 Å². The SMILES string of the molecule is O=S(=O)(c1ccc(F)cc1)N1CCN(c2nc(-c3ccc(F)c(F)c3)cs2)CC1. The number of thiazole rings is 1. The number of halogens is 3. The van der Waals surface area contributed by atoms with E-state index in [9.17, 15) is 21.6 Å². The Morgan fingerprint density at radius 1 is 0.897 bits per heavy atom. The third-order valence-corrected chi connectivity index (χ3v) is 7.48. The molecule has 152 valence electrons. The molecule has 0 bridgehead atoms. The van der Waals surface area contributed by atoms with Crippen LogP contribution in [-0.2, 0) is 10.0 Å². The van der Waals surface area contributed by atoms with Crippen molar-refractivity contribution in [1.82, 2.24) is 9.29 Å². The van der Waals surface area contributed by atoms with E-state index >= 15 is 0 Å². The lowest BCUT2D eigenvalue weighted by atomic mass is 10.2. The van der Waals surface area contributed by atoms with Crippen LogP contribution in [0.15, 0.2) is 52.7 Å². The molecule has 0 saturated carbocycles. The summed E-state index contributed by atoms with van der Waals surface area (Å²) in [6.45, 7) is 1.40. The minimum Gasteiger partial charge on any atom is -0.345 e. The van der Waals surface area contributed by atoms with Gasteiger partial charge in [-0.15, -0.1) is 11.3 Å². The van der Waals surface area contributed by atoms with Crippen LogP contribution in [0.1, 0.15) is 0 Å². The molecule has 1 saturated heterocycles.